The van der Waals surface area contributed by atoms with Crippen molar-refractivity contribution in [3.05, 3.63) is 47.4 Å². The number of hydrogen-bond acceptors (Lipinski definition) is 8. The molecule has 0 radical (unpaired) electrons. The van der Waals surface area contributed by atoms with E-state index in [4.69, 9.17) is 9.47 Å². The number of esters is 1. The van der Waals surface area contributed by atoms with Crippen molar-refractivity contribution in [3.63, 3.8) is 0 Å². The van der Waals surface area contributed by atoms with Crippen molar-refractivity contribution in [2.24, 2.45) is 0 Å². The summed E-state index contributed by atoms with van der Waals surface area (Å²) in [7, 11) is 0. The number of carbonyl (C=O) groups excluding carboxylic acids is 1. The monoisotopic (exact) mass is 504 g/mol. The molecule has 192 valence electrons. The summed E-state index contributed by atoms with van der Waals surface area (Å²) in [6.45, 7) is 7.43. The standard InChI is InChI=1S/C25H27F3N4O4/c1-6-24(5,34)17-11-30-21(35-12-25(26,27)28)16-10-29-19(9-15(16)17)31-18-8-7-14-20(32-18)13(2)23(3,4)36-22(14)33/h7-11,13,34H,6,12H2,1-5H3,(H,29,31,32)/t13-,24-/m1/s1. The number of hydrogen-bond donors (Lipinski definition) is 2. The summed E-state index contributed by atoms with van der Waals surface area (Å²) in [6.07, 6.45) is -1.54. The Kier molecular flexibility index (Phi) is 6.32. The van der Waals surface area contributed by atoms with Crippen LogP contribution in [0.25, 0.3) is 10.8 Å². The maximum Gasteiger partial charge on any atom is 0.422 e. The lowest BCUT2D eigenvalue weighted by molar-refractivity contribution is -0.153. The molecule has 2 N–H and O–H groups in total. The zero-order chi connectivity index (χ0) is 26.5. The number of anilines is 2. The van der Waals surface area contributed by atoms with Crippen molar-refractivity contribution < 1.29 is 32.5 Å². The number of alkyl halides is 3. The minimum absolute atomic E-state index is 0.165. The molecule has 8 nitrogen and oxygen atoms in total. The molecule has 11 heteroatoms. The highest BCUT2D eigenvalue weighted by Crippen LogP contribution is 2.39. The molecule has 0 saturated heterocycles. The fraction of sp³-hybridized carbons (Fsp3) is 0.440. The Morgan fingerprint density at radius 3 is 2.56 bits per heavy atom. The van der Waals surface area contributed by atoms with Gasteiger partial charge in [-0.3, -0.25) is 0 Å². The van der Waals surface area contributed by atoms with E-state index in [-0.39, 0.29) is 17.2 Å². The number of halogens is 3. The predicted octanol–water partition coefficient (Wildman–Crippen LogP) is 5.38. The zero-order valence-corrected chi connectivity index (χ0v) is 20.5. The normalized spacial score (nSPS) is 18.8. The molecular formula is C25H27F3N4O4. The number of carbonyl (C=O) groups is 1. The van der Waals surface area contributed by atoms with Gasteiger partial charge in [0.25, 0.3) is 0 Å². The number of rotatable bonds is 6. The van der Waals surface area contributed by atoms with E-state index in [1.165, 1.54) is 12.4 Å². The summed E-state index contributed by atoms with van der Waals surface area (Å²) in [5, 5.41) is 14.6. The van der Waals surface area contributed by atoms with E-state index in [1.807, 2.05) is 20.8 Å². The first-order valence-electron chi connectivity index (χ1n) is 11.4. The highest BCUT2D eigenvalue weighted by atomic mass is 19.4. The summed E-state index contributed by atoms with van der Waals surface area (Å²) in [6, 6.07) is 4.84. The van der Waals surface area contributed by atoms with Crippen molar-refractivity contribution in [1.29, 1.82) is 0 Å². The number of nitrogens with zero attached hydrogens (tertiary/aromatic N) is 3. The Morgan fingerprint density at radius 2 is 1.89 bits per heavy atom. The molecule has 4 heterocycles. The molecular weight excluding hydrogens is 477 g/mol. The minimum Gasteiger partial charge on any atom is -0.468 e. The van der Waals surface area contributed by atoms with E-state index >= 15 is 0 Å². The van der Waals surface area contributed by atoms with E-state index < -0.39 is 30.0 Å². The van der Waals surface area contributed by atoms with Crippen LogP contribution in [-0.2, 0) is 10.3 Å². The zero-order valence-electron chi connectivity index (χ0n) is 20.5. The fourth-order valence-electron chi connectivity index (χ4n) is 3.95. The third kappa shape index (κ3) is 4.92. The molecule has 4 rings (SSSR count). The van der Waals surface area contributed by atoms with Crippen LogP contribution >= 0.6 is 0 Å². The summed E-state index contributed by atoms with van der Waals surface area (Å²) in [4.78, 5) is 25.3. The molecule has 2 atom stereocenters. The number of cyclic esters (lactones) is 1. The van der Waals surface area contributed by atoms with Crippen LogP contribution in [0.3, 0.4) is 0 Å². The topological polar surface area (TPSA) is 106 Å². The molecule has 0 bridgehead atoms. The minimum atomic E-state index is -4.53. The van der Waals surface area contributed by atoms with Gasteiger partial charge < -0.3 is 19.9 Å². The Bertz CT molecular complexity index is 1320. The third-order valence-corrected chi connectivity index (χ3v) is 6.59. The van der Waals surface area contributed by atoms with Gasteiger partial charge in [-0.05, 0) is 50.8 Å². The molecule has 0 unspecified atom stereocenters. The molecule has 0 aliphatic carbocycles. The molecule has 0 fully saturated rings. The van der Waals surface area contributed by atoms with Crippen LogP contribution in [0.5, 0.6) is 5.88 Å². The molecule has 0 spiro atoms. The van der Waals surface area contributed by atoms with Crippen molar-refractivity contribution in [2.45, 2.75) is 64.3 Å². The molecule has 36 heavy (non-hydrogen) atoms. The molecule has 1 aliphatic rings. The lowest BCUT2D eigenvalue weighted by Gasteiger charge is -2.36. The molecule has 3 aromatic rings. The average molecular weight is 505 g/mol. The Balaban J connectivity index is 1.75. The summed E-state index contributed by atoms with van der Waals surface area (Å²) in [5.74, 6) is -0.0901. The van der Waals surface area contributed by atoms with E-state index in [1.54, 1.807) is 32.0 Å². The lowest BCUT2D eigenvalue weighted by Crippen LogP contribution is -2.39. The first-order valence-corrected chi connectivity index (χ1v) is 11.4. The average Bonchev–Trinajstić information content (AvgIpc) is 2.80. The maximum atomic E-state index is 12.7. The second-order valence-corrected chi connectivity index (χ2v) is 9.59. The number of fused-ring (bicyclic) bond motifs is 2. The van der Waals surface area contributed by atoms with Crippen molar-refractivity contribution >= 4 is 28.4 Å². The van der Waals surface area contributed by atoms with Crippen LogP contribution in [0.4, 0.5) is 24.8 Å². The van der Waals surface area contributed by atoms with Crippen LogP contribution in [-0.4, -0.2) is 44.4 Å². The largest absolute Gasteiger partial charge is 0.468 e. The van der Waals surface area contributed by atoms with Crippen molar-refractivity contribution in [1.82, 2.24) is 15.0 Å². The van der Waals surface area contributed by atoms with Gasteiger partial charge in [-0.25, -0.2) is 19.7 Å². The first-order chi connectivity index (χ1) is 16.7. The van der Waals surface area contributed by atoms with Crippen LogP contribution in [0.15, 0.2) is 30.6 Å². The van der Waals surface area contributed by atoms with Gasteiger partial charge in [0, 0.05) is 23.9 Å². The number of aromatic nitrogens is 3. The molecule has 1 aliphatic heterocycles. The Labute approximate surface area is 205 Å². The van der Waals surface area contributed by atoms with E-state index in [0.29, 0.717) is 40.3 Å². The first kappa shape index (κ1) is 25.6. The predicted molar refractivity (Wildman–Crippen MR) is 126 cm³/mol. The van der Waals surface area contributed by atoms with Gasteiger partial charge in [-0.2, -0.15) is 13.2 Å². The quantitative estimate of drug-likeness (QED) is 0.431. The van der Waals surface area contributed by atoms with Gasteiger partial charge in [-0.1, -0.05) is 13.8 Å². The van der Waals surface area contributed by atoms with Gasteiger partial charge in [0.1, 0.15) is 17.2 Å². The lowest BCUT2D eigenvalue weighted by atomic mass is 9.84. The van der Waals surface area contributed by atoms with Crippen LogP contribution < -0.4 is 10.1 Å². The smallest absolute Gasteiger partial charge is 0.422 e. The molecule has 3 aromatic heterocycles. The third-order valence-electron chi connectivity index (χ3n) is 6.59. The summed E-state index contributed by atoms with van der Waals surface area (Å²) < 4.78 is 48.6. The summed E-state index contributed by atoms with van der Waals surface area (Å²) >= 11 is 0. The number of pyridine rings is 3. The van der Waals surface area contributed by atoms with Gasteiger partial charge in [-0.15, -0.1) is 0 Å². The van der Waals surface area contributed by atoms with Crippen molar-refractivity contribution in [2.75, 3.05) is 11.9 Å². The van der Waals surface area contributed by atoms with E-state index in [2.05, 4.69) is 20.3 Å². The number of aliphatic hydroxyl groups is 1. The van der Waals surface area contributed by atoms with E-state index in [0.717, 1.165) is 0 Å². The van der Waals surface area contributed by atoms with Gasteiger partial charge in [0.15, 0.2) is 6.61 Å². The summed E-state index contributed by atoms with van der Waals surface area (Å²) in [5.41, 5.74) is -0.627. The number of ether oxygens (including phenoxy) is 2. The molecule has 0 saturated carbocycles. The van der Waals surface area contributed by atoms with E-state index in [9.17, 15) is 23.1 Å². The Hall–Kier alpha value is -3.47. The van der Waals surface area contributed by atoms with Crippen molar-refractivity contribution in [3.8, 4) is 5.88 Å². The Morgan fingerprint density at radius 1 is 1.17 bits per heavy atom. The van der Waals surface area contributed by atoms with Crippen LogP contribution in [0.1, 0.15) is 68.6 Å². The highest BCUT2D eigenvalue weighted by molar-refractivity contribution is 5.93. The number of nitrogens with one attached hydrogen (secondary N) is 1. The van der Waals surface area contributed by atoms with Crippen LogP contribution in [0.2, 0.25) is 0 Å². The second-order valence-electron chi connectivity index (χ2n) is 9.59. The van der Waals surface area contributed by atoms with Gasteiger partial charge in [0.2, 0.25) is 5.88 Å². The van der Waals surface area contributed by atoms with Crippen LogP contribution in [0, 0.1) is 0 Å². The molecule has 0 amide bonds. The molecule has 0 aromatic carbocycles. The highest BCUT2D eigenvalue weighted by Gasteiger charge is 2.40. The second kappa shape index (κ2) is 8.88. The SMILES string of the molecule is CC[C@@](C)(O)c1cnc(OCC(F)(F)F)c2cnc(Nc3ccc4c(n3)[C@@H](C)C(C)(C)OC4=O)cc12. The van der Waals surface area contributed by atoms with Gasteiger partial charge in [0.05, 0.1) is 22.2 Å². The van der Waals surface area contributed by atoms with Gasteiger partial charge >= 0.3 is 12.1 Å². The maximum absolute atomic E-state index is 12.7. The fourth-order valence-corrected chi connectivity index (χ4v) is 3.95.